The molecule has 1 unspecified atom stereocenters. The number of nitrogens with zero attached hydrogens (tertiary/aromatic N) is 1. The molecule has 17 heavy (non-hydrogen) atoms. The lowest BCUT2D eigenvalue weighted by Crippen LogP contribution is -2.47. The molecule has 1 atom stereocenters. The van der Waals surface area contributed by atoms with Gasteiger partial charge in [0.05, 0.1) is 6.04 Å². The number of carbonyl (C=O) groups excluding carboxylic acids is 1. The Labute approximate surface area is 103 Å². The van der Waals surface area contributed by atoms with Gasteiger partial charge in [0.15, 0.2) is 0 Å². The standard InChI is InChI=1S/C14H20N2O/c1-14(2,11-7-5-4-6-8-11)15-12-9-10-16(3)13(12)17/h4-8,12,15H,9-10H2,1-3H3. The maximum atomic E-state index is 11.9. The second kappa shape index (κ2) is 4.49. The van der Waals surface area contributed by atoms with E-state index in [1.165, 1.54) is 5.56 Å². The van der Waals surface area contributed by atoms with E-state index in [0.717, 1.165) is 13.0 Å². The molecule has 92 valence electrons. The Balaban J connectivity index is 2.10. The van der Waals surface area contributed by atoms with E-state index < -0.39 is 0 Å². The summed E-state index contributed by atoms with van der Waals surface area (Å²) in [6.45, 7) is 5.09. The molecule has 0 aromatic heterocycles. The Kier molecular flexibility index (Phi) is 3.20. The summed E-state index contributed by atoms with van der Waals surface area (Å²) < 4.78 is 0. The zero-order valence-electron chi connectivity index (χ0n) is 10.7. The highest BCUT2D eigenvalue weighted by Crippen LogP contribution is 2.22. The van der Waals surface area contributed by atoms with Crippen molar-refractivity contribution < 1.29 is 4.79 Å². The number of likely N-dealkylation sites (tertiary alicyclic amines) is 1. The zero-order chi connectivity index (χ0) is 12.5. The molecule has 1 aliphatic heterocycles. The van der Waals surface area contributed by atoms with Crippen molar-refractivity contribution >= 4 is 5.91 Å². The topological polar surface area (TPSA) is 32.3 Å². The van der Waals surface area contributed by atoms with E-state index in [1.807, 2.05) is 25.2 Å². The lowest BCUT2D eigenvalue weighted by atomic mass is 9.93. The molecule has 1 heterocycles. The summed E-state index contributed by atoms with van der Waals surface area (Å²) in [7, 11) is 1.86. The van der Waals surface area contributed by atoms with Crippen LogP contribution in [0.2, 0.25) is 0 Å². The molecule has 0 saturated carbocycles. The molecular weight excluding hydrogens is 212 g/mol. The Morgan fingerprint density at radius 1 is 1.29 bits per heavy atom. The third-order valence-electron chi connectivity index (χ3n) is 3.46. The molecule has 0 bridgehead atoms. The van der Waals surface area contributed by atoms with E-state index >= 15 is 0 Å². The van der Waals surface area contributed by atoms with E-state index in [4.69, 9.17) is 0 Å². The summed E-state index contributed by atoms with van der Waals surface area (Å²) >= 11 is 0. The van der Waals surface area contributed by atoms with Gasteiger partial charge in [0.25, 0.3) is 0 Å². The van der Waals surface area contributed by atoms with Crippen molar-refractivity contribution in [1.82, 2.24) is 10.2 Å². The Bertz CT molecular complexity index is 400. The van der Waals surface area contributed by atoms with Crippen molar-refractivity contribution in [3.05, 3.63) is 35.9 Å². The van der Waals surface area contributed by atoms with Gasteiger partial charge in [-0.1, -0.05) is 30.3 Å². The van der Waals surface area contributed by atoms with Crippen molar-refractivity contribution in [3.8, 4) is 0 Å². The lowest BCUT2D eigenvalue weighted by molar-refractivity contribution is -0.128. The molecule has 0 aliphatic carbocycles. The highest BCUT2D eigenvalue weighted by molar-refractivity contribution is 5.83. The van der Waals surface area contributed by atoms with Crippen LogP contribution in [0.25, 0.3) is 0 Å². The first-order valence-electron chi connectivity index (χ1n) is 6.09. The summed E-state index contributed by atoms with van der Waals surface area (Å²) in [5.74, 6) is 0.203. The molecule has 0 radical (unpaired) electrons. The molecule has 1 amide bonds. The van der Waals surface area contributed by atoms with E-state index in [2.05, 4.69) is 31.3 Å². The molecular formula is C14H20N2O. The minimum atomic E-state index is -0.174. The summed E-state index contributed by atoms with van der Waals surface area (Å²) in [6, 6.07) is 10.2. The van der Waals surface area contributed by atoms with Gasteiger partial charge in [-0.2, -0.15) is 0 Å². The molecule has 3 nitrogen and oxygen atoms in total. The van der Waals surface area contributed by atoms with Crippen LogP contribution in [0.1, 0.15) is 25.8 Å². The number of carbonyl (C=O) groups is 1. The number of hydrogen-bond donors (Lipinski definition) is 1. The molecule has 1 aromatic rings. The minimum absolute atomic E-state index is 0.0461. The normalized spacial score (nSPS) is 21.0. The molecule has 1 aromatic carbocycles. The van der Waals surface area contributed by atoms with Crippen LogP contribution >= 0.6 is 0 Å². The maximum Gasteiger partial charge on any atom is 0.239 e. The van der Waals surface area contributed by atoms with Gasteiger partial charge in [0, 0.05) is 19.1 Å². The van der Waals surface area contributed by atoms with Gasteiger partial charge < -0.3 is 4.90 Å². The molecule has 1 N–H and O–H groups in total. The highest BCUT2D eigenvalue weighted by Gasteiger charge is 2.33. The minimum Gasteiger partial charge on any atom is -0.344 e. The van der Waals surface area contributed by atoms with Gasteiger partial charge in [0.2, 0.25) is 5.91 Å². The SMILES string of the molecule is CN1CCC(NC(C)(C)c2ccccc2)C1=O. The largest absolute Gasteiger partial charge is 0.344 e. The Hall–Kier alpha value is -1.35. The highest BCUT2D eigenvalue weighted by atomic mass is 16.2. The van der Waals surface area contributed by atoms with E-state index in [-0.39, 0.29) is 17.5 Å². The van der Waals surface area contributed by atoms with Crippen LogP contribution in [0, 0.1) is 0 Å². The predicted octanol–water partition coefficient (Wildman–Crippen LogP) is 1.74. The van der Waals surface area contributed by atoms with Gasteiger partial charge in [-0.25, -0.2) is 0 Å². The lowest BCUT2D eigenvalue weighted by Gasteiger charge is -2.30. The molecule has 1 aliphatic rings. The molecule has 0 spiro atoms. The van der Waals surface area contributed by atoms with Gasteiger partial charge in [0.1, 0.15) is 0 Å². The van der Waals surface area contributed by atoms with Crippen LogP contribution in [-0.2, 0) is 10.3 Å². The fourth-order valence-corrected chi connectivity index (χ4v) is 2.33. The third-order valence-corrected chi connectivity index (χ3v) is 3.46. The van der Waals surface area contributed by atoms with Crippen LogP contribution in [0.15, 0.2) is 30.3 Å². The van der Waals surface area contributed by atoms with E-state index in [0.29, 0.717) is 0 Å². The second-order valence-corrected chi connectivity index (χ2v) is 5.24. The zero-order valence-corrected chi connectivity index (χ0v) is 10.7. The smallest absolute Gasteiger partial charge is 0.239 e. The first-order valence-corrected chi connectivity index (χ1v) is 6.09. The van der Waals surface area contributed by atoms with Crippen molar-refractivity contribution in [1.29, 1.82) is 0 Å². The molecule has 2 rings (SSSR count). The first kappa shape index (κ1) is 12.1. The first-order chi connectivity index (χ1) is 8.00. The van der Waals surface area contributed by atoms with Crippen molar-refractivity contribution in [2.24, 2.45) is 0 Å². The number of likely N-dealkylation sites (N-methyl/N-ethyl adjacent to an activating group) is 1. The maximum absolute atomic E-state index is 11.9. The number of hydrogen-bond acceptors (Lipinski definition) is 2. The average molecular weight is 232 g/mol. The van der Waals surface area contributed by atoms with Crippen molar-refractivity contribution in [2.75, 3.05) is 13.6 Å². The van der Waals surface area contributed by atoms with Crippen LogP contribution in [0.4, 0.5) is 0 Å². The molecule has 1 saturated heterocycles. The van der Waals surface area contributed by atoms with E-state index in [9.17, 15) is 4.79 Å². The monoisotopic (exact) mass is 232 g/mol. The predicted molar refractivity (Wildman–Crippen MR) is 68.6 cm³/mol. The van der Waals surface area contributed by atoms with E-state index in [1.54, 1.807) is 4.90 Å². The van der Waals surface area contributed by atoms with Crippen LogP contribution in [0.5, 0.6) is 0 Å². The Morgan fingerprint density at radius 3 is 2.47 bits per heavy atom. The third kappa shape index (κ3) is 2.50. The average Bonchev–Trinajstić information content (AvgIpc) is 2.62. The van der Waals surface area contributed by atoms with Crippen LogP contribution < -0.4 is 5.32 Å². The molecule has 1 fully saturated rings. The summed E-state index contributed by atoms with van der Waals surface area (Å²) in [4.78, 5) is 13.7. The number of amides is 1. The number of benzene rings is 1. The quantitative estimate of drug-likeness (QED) is 0.861. The van der Waals surface area contributed by atoms with Gasteiger partial charge in [-0.15, -0.1) is 0 Å². The summed E-state index contributed by atoms with van der Waals surface area (Å²) in [5.41, 5.74) is 1.04. The van der Waals surface area contributed by atoms with Gasteiger partial charge in [-0.05, 0) is 25.8 Å². The van der Waals surface area contributed by atoms with Crippen molar-refractivity contribution in [2.45, 2.75) is 31.8 Å². The summed E-state index contributed by atoms with van der Waals surface area (Å²) in [5, 5.41) is 3.46. The fraction of sp³-hybridized carbons (Fsp3) is 0.500. The number of nitrogens with one attached hydrogen (secondary N) is 1. The Morgan fingerprint density at radius 2 is 1.94 bits per heavy atom. The second-order valence-electron chi connectivity index (χ2n) is 5.24. The van der Waals surface area contributed by atoms with Crippen LogP contribution in [-0.4, -0.2) is 30.4 Å². The fourth-order valence-electron chi connectivity index (χ4n) is 2.33. The van der Waals surface area contributed by atoms with Gasteiger partial charge in [-0.3, -0.25) is 10.1 Å². The van der Waals surface area contributed by atoms with Crippen molar-refractivity contribution in [3.63, 3.8) is 0 Å². The van der Waals surface area contributed by atoms with Crippen LogP contribution in [0.3, 0.4) is 0 Å². The molecule has 3 heteroatoms. The number of rotatable bonds is 3. The van der Waals surface area contributed by atoms with Gasteiger partial charge >= 0.3 is 0 Å². The summed E-state index contributed by atoms with van der Waals surface area (Å²) in [6.07, 6.45) is 0.894.